The zero-order chi connectivity index (χ0) is 14.8. The van der Waals surface area contributed by atoms with Gasteiger partial charge in [0.25, 0.3) is 0 Å². The van der Waals surface area contributed by atoms with E-state index in [0.29, 0.717) is 0 Å². The van der Waals surface area contributed by atoms with Crippen molar-refractivity contribution in [1.29, 1.82) is 0 Å². The van der Waals surface area contributed by atoms with Crippen molar-refractivity contribution in [2.45, 2.75) is 17.9 Å². The van der Waals surface area contributed by atoms with E-state index in [-0.39, 0.29) is 10.9 Å². The van der Waals surface area contributed by atoms with E-state index < -0.39 is 10.0 Å². The first-order chi connectivity index (χ1) is 9.36. The minimum atomic E-state index is -3.67. The van der Waals surface area contributed by atoms with Crippen LogP contribution in [-0.4, -0.2) is 8.42 Å². The summed E-state index contributed by atoms with van der Waals surface area (Å²) in [6.07, 6.45) is 0. The second-order valence-electron chi connectivity index (χ2n) is 4.49. The molecule has 20 heavy (non-hydrogen) atoms. The summed E-state index contributed by atoms with van der Waals surface area (Å²) in [5, 5.41) is 8.45. The summed E-state index contributed by atoms with van der Waals surface area (Å²) in [4.78, 5) is 0.124. The van der Waals surface area contributed by atoms with Crippen LogP contribution in [0.1, 0.15) is 18.5 Å². The predicted molar refractivity (Wildman–Crippen MR) is 84.0 cm³/mol. The van der Waals surface area contributed by atoms with Gasteiger partial charge in [0.15, 0.2) is 0 Å². The minimum absolute atomic E-state index is 0.0297. The van der Waals surface area contributed by atoms with E-state index in [4.69, 9.17) is 5.14 Å². The van der Waals surface area contributed by atoms with Crippen LogP contribution in [0.2, 0.25) is 0 Å². The van der Waals surface area contributed by atoms with Gasteiger partial charge in [0.05, 0.1) is 4.90 Å². The van der Waals surface area contributed by atoms with Gasteiger partial charge in [-0.2, -0.15) is 0 Å². The molecule has 0 spiro atoms. The van der Waals surface area contributed by atoms with Crippen LogP contribution in [0.25, 0.3) is 0 Å². The molecule has 2 aromatic rings. The average molecular weight is 355 g/mol. The maximum atomic E-state index is 11.4. The second kappa shape index (κ2) is 5.95. The second-order valence-corrected chi connectivity index (χ2v) is 6.97. The van der Waals surface area contributed by atoms with Crippen molar-refractivity contribution < 1.29 is 8.42 Å². The molecule has 0 aliphatic carbocycles. The Bertz CT molecular complexity index is 699. The van der Waals surface area contributed by atoms with Crippen LogP contribution in [0.15, 0.2) is 57.9 Å². The van der Waals surface area contributed by atoms with Gasteiger partial charge in [-0.1, -0.05) is 28.1 Å². The van der Waals surface area contributed by atoms with Gasteiger partial charge in [0.2, 0.25) is 10.0 Å². The summed E-state index contributed by atoms with van der Waals surface area (Å²) in [5.41, 5.74) is 1.82. The number of halogens is 1. The summed E-state index contributed by atoms with van der Waals surface area (Å²) in [5.74, 6) is 0. The van der Waals surface area contributed by atoms with Crippen LogP contribution >= 0.6 is 15.9 Å². The summed E-state index contributed by atoms with van der Waals surface area (Å²) >= 11 is 3.38. The number of anilines is 1. The van der Waals surface area contributed by atoms with Crippen LogP contribution in [-0.2, 0) is 10.0 Å². The Morgan fingerprint density at radius 1 is 1.15 bits per heavy atom. The molecule has 106 valence electrons. The highest BCUT2D eigenvalue weighted by Crippen LogP contribution is 2.22. The highest BCUT2D eigenvalue weighted by Gasteiger charge is 2.11. The fourth-order valence-electron chi connectivity index (χ4n) is 1.84. The SMILES string of the molecule is CC(Nc1ccc(Br)cc1)c1cccc(S(N)(=O)=O)c1. The van der Waals surface area contributed by atoms with E-state index in [1.54, 1.807) is 12.1 Å². The Hall–Kier alpha value is -1.37. The Morgan fingerprint density at radius 2 is 1.80 bits per heavy atom. The van der Waals surface area contributed by atoms with Gasteiger partial charge in [0, 0.05) is 16.2 Å². The Labute approximate surface area is 127 Å². The lowest BCUT2D eigenvalue weighted by molar-refractivity contribution is 0.597. The quantitative estimate of drug-likeness (QED) is 0.884. The fraction of sp³-hybridized carbons (Fsp3) is 0.143. The minimum Gasteiger partial charge on any atom is -0.379 e. The lowest BCUT2D eigenvalue weighted by atomic mass is 10.1. The molecule has 3 N–H and O–H groups in total. The van der Waals surface area contributed by atoms with Crippen LogP contribution in [0.5, 0.6) is 0 Å². The Morgan fingerprint density at radius 3 is 2.40 bits per heavy atom. The summed E-state index contributed by atoms with van der Waals surface area (Å²) in [7, 11) is -3.67. The van der Waals surface area contributed by atoms with E-state index in [0.717, 1.165) is 15.7 Å². The van der Waals surface area contributed by atoms with Crippen molar-refractivity contribution in [3.05, 3.63) is 58.6 Å². The monoisotopic (exact) mass is 354 g/mol. The molecule has 0 aliphatic rings. The lowest BCUT2D eigenvalue weighted by Crippen LogP contribution is -2.13. The molecule has 6 heteroatoms. The van der Waals surface area contributed by atoms with Crippen LogP contribution < -0.4 is 10.5 Å². The molecule has 0 heterocycles. The molecule has 0 aromatic heterocycles. The zero-order valence-corrected chi connectivity index (χ0v) is 13.3. The number of primary sulfonamides is 1. The molecule has 0 amide bonds. The number of nitrogens with two attached hydrogens (primary N) is 1. The van der Waals surface area contributed by atoms with Crippen molar-refractivity contribution in [2.75, 3.05) is 5.32 Å². The molecule has 4 nitrogen and oxygen atoms in total. The molecular formula is C14H15BrN2O2S. The summed E-state index contributed by atoms with van der Waals surface area (Å²) < 4.78 is 23.7. The van der Waals surface area contributed by atoms with Gasteiger partial charge in [-0.25, -0.2) is 13.6 Å². The van der Waals surface area contributed by atoms with E-state index >= 15 is 0 Å². The summed E-state index contributed by atoms with van der Waals surface area (Å²) in [6.45, 7) is 1.96. The number of benzene rings is 2. The van der Waals surface area contributed by atoms with Gasteiger partial charge in [0.1, 0.15) is 0 Å². The third kappa shape index (κ3) is 3.82. The first-order valence-electron chi connectivity index (χ1n) is 6.01. The molecule has 1 unspecified atom stereocenters. The van der Waals surface area contributed by atoms with Crippen molar-refractivity contribution >= 4 is 31.6 Å². The maximum absolute atomic E-state index is 11.4. The third-order valence-corrected chi connectivity index (χ3v) is 4.35. The summed E-state index contributed by atoms with van der Waals surface area (Å²) in [6, 6.07) is 14.4. The molecule has 0 aliphatic heterocycles. The van der Waals surface area contributed by atoms with E-state index in [1.807, 2.05) is 37.3 Å². The van der Waals surface area contributed by atoms with Crippen LogP contribution in [0, 0.1) is 0 Å². The van der Waals surface area contributed by atoms with Gasteiger partial charge in [-0.05, 0) is 48.9 Å². The molecule has 0 bridgehead atoms. The van der Waals surface area contributed by atoms with Crippen LogP contribution in [0.4, 0.5) is 5.69 Å². The molecule has 0 saturated heterocycles. The zero-order valence-electron chi connectivity index (χ0n) is 10.9. The molecule has 0 radical (unpaired) electrons. The van der Waals surface area contributed by atoms with Crippen molar-refractivity contribution in [2.24, 2.45) is 5.14 Å². The lowest BCUT2D eigenvalue weighted by Gasteiger charge is -2.16. The number of hydrogen-bond donors (Lipinski definition) is 2. The molecule has 0 saturated carbocycles. The smallest absolute Gasteiger partial charge is 0.238 e. The molecule has 1 atom stereocenters. The van der Waals surface area contributed by atoms with E-state index in [9.17, 15) is 8.42 Å². The fourth-order valence-corrected chi connectivity index (χ4v) is 2.67. The van der Waals surface area contributed by atoms with Crippen molar-refractivity contribution in [3.8, 4) is 0 Å². The Balaban J connectivity index is 2.21. The predicted octanol–water partition coefficient (Wildman–Crippen LogP) is 3.27. The first kappa shape index (κ1) is 15.0. The molecule has 0 fully saturated rings. The van der Waals surface area contributed by atoms with Gasteiger partial charge in [-0.15, -0.1) is 0 Å². The highest BCUT2D eigenvalue weighted by atomic mass is 79.9. The van der Waals surface area contributed by atoms with Crippen LogP contribution in [0.3, 0.4) is 0 Å². The number of hydrogen-bond acceptors (Lipinski definition) is 3. The number of rotatable bonds is 4. The number of sulfonamides is 1. The van der Waals surface area contributed by atoms with Gasteiger partial charge in [-0.3, -0.25) is 0 Å². The van der Waals surface area contributed by atoms with Gasteiger partial charge >= 0.3 is 0 Å². The number of nitrogens with one attached hydrogen (secondary N) is 1. The van der Waals surface area contributed by atoms with E-state index in [2.05, 4.69) is 21.2 Å². The maximum Gasteiger partial charge on any atom is 0.238 e. The largest absolute Gasteiger partial charge is 0.379 e. The van der Waals surface area contributed by atoms with Gasteiger partial charge < -0.3 is 5.32 Å². The van der Waals surface area contributed by atoms with E-state index in [1.165, 1.54) is 6.07 Å². The molecule has 2 rings (SSSR count). The van der Waals surface area contributed by atoms with Crippen molar-refractivity contribution in [1.82, 2.24) is 0 Å². The topological polar surface area (TPSA) is 72.2 Å². The standard InChI is InChI=1S/C14H15BrN2O2S/c1-10(17-13-7-5-12(15)6-8-13)11-3-2-4-14(9-11)20(16,18)19/h2-10,17H,1H3,(H2,16,18,19). The Kier molecular flexibility index (Phi) is 4.47. The van der Waals surface area contributed by atoms with Crippen molar-refractivity contribution in [3.63, 3.8) is 0 Å². The molecule has 2 aromatic carbocycles. The first-order valence-corrected chi connectivity index (χ1v) is 8.35. The average Bonchev–Trinajstić information content (AvgIpc) is 2.40. The highest BCUT2D eigenvalue weighted by molar-refractivity contribution is 9.10. The third-order valence-electron chi connectivity index (χ3n) is 2.91. The normalized spacial score (nSPS) is 12.9. The molecular weight excluding hydrogens is 340 g/mol.